The van der Waals surface area contributed by atoms with Gasteiger partial charge in [-0.2, -0.15) is 0 Å². The van der Waals surface area contributed by atoms with Crippen molar-refractivity contribution in [3.63, 3.8) is 0 Å². The lowest BCUT2D eigenvalue weighted by Gasteiger charge is -2.28. The summed E-state index contributed by atoms with van der Waals surface area (Å²) < 4.78 is 11.1. The van der Waals surface area contributed by atoms with Gasteiger partial charge in [0.2, 0.25) is 0 Å². The monoisotopic (exact) mass is 311 g/mol. The molecule has 1 aliphatic heterocycles. The molecule has 5 heteroatoms. The molecule has 0 radical (unpaired) electrons. The van der Waals surface area contributed by atoms with Crippen molar-refractivity contribution >= 4 is 5.96 Å². The maximum Gasteiger partial charge on any atom is 0.191 e. The zero-order valence-corrected chi connectivity index (χ0v) is 14.3. The lowest BCUT2D eigenvalue weighted by molar-refractivity contribution is 0.0888. The lowest BCUT2D eigenvalue weighted by Crippen LogP contribution is -2.45. The average molecular weight is 311 g/mol. The van der Waals surface area contributed by atoms with E-state index in [1.54, 1.807) is 0 Å². The Labute approximate surface area is 135 Å². The summed E-state index contributed by atoms with van der Waals surface area (Å²) in [7, 11) is 1.85. The molecule has 2 N–H and O–H groups in total. The van der Waals surface area contributed by atoms with Gasteiger partial charge in [0, 0.05) is 38.8 Å². The normalized spacial score (nSPS) is 29.5. The number of nitrogens with one attached hydrogen (secondary N) is 2. The molecule has 1 heterocycles. The molecule has 0 bridgehead atoms. The molecule has 5 nitrogen and oxygen atoms in total. The minimum atomic E-state index is 0.577. The number of aliphatic imine (C=N–C) groups is 1. The van der Waals surface area contributed by atoms with Crippen molar-refractivity contribution in [3.8, 4) is 0 Å². The van der Waals surface area contributed by atoms with Crippen molar-refractivity contribution < 1.29 is 9.47 Å². The van der Waals surface area contributed by atoms with Crippen molar-refractivity contribution in [1.29, 1.82) is 0 Å². The highest BCUT2D eigenvalue weighted by molar-refractivity contribution is 5.79. The van der Waals surface area contributed by atoms with Gasteiger partial charge in [-0.3, -0.25) is 4.99 Å². The molecule has 3 atom stereocenters. The largest absolute Gasteiger partial charge is 0.381 e. The number of nitrogens with zero attached hydrogens (tertiary/aromatic N) is 1. The lowest BCUT2D eigenvalue weighted by atomic mass is 9.87. The van der Waals surface area contributed by atoms with E-state index in [9.17, 15) is 0 Å². The van der Waals surface area contributed by atoms with Crippen LogP contribution >= 0.6 is 0 Å². The van der Waals surface area contributed by atoms with Gasteiger partial charge in [-0.05, 0) is 31.6 Å². The van der Waals surface area contributed by atoms with Crippen molar-refractivity contribution in [2.45, 2.75) is 51.5 Å². The Morgan fingerprint density at radius 1 is 1.32 bits per heavy atom. The van der Waals surface area contributed by atoms with E-state index < -0.39 is 0 Å². The zero-order chi connectivity index (χ0) is 15.6. The summed E-state index contributed by atoms with van der Waals surface area (Å²) in [5.74, 6) is 2.37. The van der Waals surface area contributed by atoms with Crippen LogP contribution in [-0.4, -0.2) is 52.0 Å². The minimum Gasteiger partial charge on any atom is -0.381 e. The number of ether oxygens (including phenoxy) is 2. The first-order chi connectivity index (χ1) is 10.8. The third-order valence-electron chi connectivity index (χ3n) is 4.64. The molecule has 0 amide bonds. The van der Waals surface area contributed by atoms with Crippen LogP contribution in [0.4, 0.5) is 0 Å². The summed E-state index contributed by atoms with van der Waals surface area (Å²) in [5.41, 5.74) is 0. The van der Waals surface area contributed by atoms with Gasteiger partial charge in [0.05, 0.1) is 13.2 Å². The Morgan fingerprint density at radius 3 is 2.95 bits per heavy atom. The molecule has 22 heavy (non-hydrogen) atoms. The molecular weight excluding hydrogens is 278 g/mol. The molecule has 1 saturated carbocycles. The fourth-order valence-electron chi connectivity index (χ4n) is 3.30. The molecule has 0 aromatic rings. The Balaban J connectivity index is 1.50. The average Bonchev–Trinajstić information content (AvgIpc) is 3.03. The van der Waals surface area contributed by atoms with Gasteiger partial charge in [0.25, 0.3) is 0 Å². The summed E-state index contributed by atoms with van der Waals surface area (Å²) in [6.45, 7) is 6.67. The van der Waals surface area contributed by atoms with E-state index in [0.29, 0.717) is 12.0 Å². The van der Waals surface area contributed by atoms with E-state index >= 15 is 0 Å². The SMILES string of the molecule is CN=C(NCCCOCC1CCOC1)NC1CCCC(C)C1. The van der Waals surface area contributed by atoms with E-state index in [4.69, 9.17) is 9.47 Å². The third kappa shape index (κ3) is 6.53. The maximum atomic E-state index is 5.72. The Morgan fingerprint density at radius 2 is 2.23 bits per heavy atom. The third-order valence-corrected chi connectivity index (χ3v) is 4.64. The van der Waals surface area contributed by atoms with Crippen LogP contribution in [0.25, 0.3) is 0 Å². The highest BCUT2D eigenvalue weighted by Crippen LogP contribution is 2.23. The highest BCUT2D eigenvalue weighted by Gasteiger charge is 2.19. The summed E-state index contributed by atoms with van der Waals surface area (Å²) in [5, 5.41) is 6.95. The van der Waals surface area contributed by atoms with E-state index in [2.05, 4.69) is 22.5 Å². The minimum absolute atomic E-state index is 0.577. The molecule has 0 aromatic carbocycles. The fraction of sp³-hybridized carbons (Fsp3) is 0.941. The summed E-state index contributed by atoms with van der Waals surface area (Å²) in [6.07, 6.45) is 7.37. The van der Waals surface area contributed by atoms with Crippen LogP contribution in [-0.2, 0) is 9.47 Å². The highest BCUT2D eigenvalue weighted by atomic mass is 16.5. The van der Waals surface area contributed by atoms with Crippen molar-refractivity contribution in [2.75, 3.05) is 40.0 Å². The van der Waals surface area contributed by atoms with E-state index in [-0.39, 0.29) is 0 Å². The molecule has 128 valence electrons. The smallest absolute Gasteiger partial charge is 0.191 e. The van der Waals surface area contributed by atoms with Gasteiger partial charge >= 0.3 is 0 Å². The molecule has 0 aromatic heterocycles. The van der Waals surface area contributed by atoms with E-state index in [1.807, 2.05) is 7.05 Å². The molecule has 1 saturated heterocycles. The van der Waals surface area contributed by atoms with Crippen LogP contribution in [0.2, 0.25) is 0 Å². The van der Waals surface area contributed by atoms with Crippen LogP contribution in [0, 0.1) is 11.8 Å². The van der Waals surface area contributed by atoms with Gasteiger partial charge < -0.3 is 20.1 Å². The summed E-state index contributed by atoms with van der Waals surface area (Å²) in [4.78, 5) is 4.33. The van der Waals surface area contributed by atoms with Gasteiger partial charge in [0.15, 0.2) is 5.96 Å². The zero-order valence-electron chi connectivity index (χ0n) is 14.3. The van der Waals surface area contributed by atoms with Crippen LogP contribution in [0.3, 0.4) is 0 Å². The van der Waals surface area contributed by atoms with Crippen LogP contribution in [0.15, 0.2) is 4.99 Å². The predicted molar refractivity (Wildman–Crippen MR) is 90.3 cm³/mol. The standard InChI is InChI=1S/C17H33N3O2/c1-14-5-3-6-16(11-14)20-17(18-2)19-8-4-9-21-12-15-7-10-22-13-15/h14-16H,3-13H2,1-2H3,(H2,18,19,20). The molecule has 2 fully saturated rings. The molecule has 2 rings (SSSR count). The number of rotatable bonds is 7. The maximum absolute atomic E-state index is 5.72. The van der Waals surface area contributed by atoms with Crippen molar-refractivity contribution in [1.82, 2.24) is 10.6 Å². The van der Waals surface area contributed by atoms with Crippen LogP contribution in [0.1, 0.15) is 45.4 Å². The van der Waals surface area contributed by atoms with Gasteiger partial charge in [0.1, 0.15) is 0 Å². The predicted octanol–water partition coefficient (Wildman–Crippen LogP) is 2.17. The second-order valence-electron chi connectivity index (χ2n) is 6.77. The molecule has 3 unspecified atom stereocenters. The van der Waals surface area contributed by atoms with Crippen LogP contribution < -0.4 is 10.6 Å². The van der Waals surface area contributed by atoms with Crippen LogP contribution in [0.5, 0.6) is 0 Å². The molecular formula is C17H33N3O2. The number of hydrogen-bond donors (Lipinski definition) is 2. The van der Waals surface area contributed by atoms with Crippen molar-refractivity contribution in [2.24, 2.45) is 16.8 Å². The van der Waals surface area contributed by atoms with E-state index in [1.165, 1.54) is 25.7 Å². The second kappa shape index (κ2) is 10.1. The molecule has 1 aliphatic carbocycles. The topological polar surface area (TPSA) is 54.9 Å². The Kier molecular flexibility index (Phi) is 8.02. The summed E-state index contributed by atoms with van der Waals surface area (Å²) >= 11 is 0. The van der Waals surface area contributed by atoms with Gasteiger partial charge in [-0.15, -0.1) is 0 Å². The number of guanidine groups is 1. The summed E-state index contributed by atoms with van der Waals surface area (Å²) in [6, 6.07) is 0.577. The van der Waals surface area contributed by atoms with Crippen molar-refractivity contribution in [3.05, 3.63) is 0 Å². The van der Waals surface area contributed by atoms with E-state index in [0.717, 1.165) is 57.7 Å². The fourth-order valence-corrected chi connectivity index (χ4v) is 3.30. The molecule has 2 aliphatic rings. The first kappa shape index (κ1) is 17.5. The number of hydrogen-bond acceptors (Lipinski definition) is 3. The van der Waals surface area contributed by atoms with Gasteiger partial charge in [-0.25, -0.2) is 0 Å². The first-order valence-electron chi connectivity index (χ1n) is 8.90. The molecule has 0 spiro atoms. The quantitative estimate of drug-likeness (QED) is 0.430. The Hall–Kier alpha value is -0.810. The first-order valence-corrected chi connectivity index (χ1v) is 8.90. The Bertz CT molecular complexity index is 330. The second-order valence-corrected chi connectivity index (χ2v) is 6.77. The van der Waals surface area contributed by atoms with Gasteiger partial charge in [-0.1, -0.05) is 19.8 Å².